The molecule has 3 nitrogen and oxygen atoms in total. The van der Waals surface area contributed by atoms with Crippen molar-refractivity contribution in [3.8, 4) is 0 Å². The van der Waals surface area contributed by atoms with Crippen molar-refractivity contribution in [1.82, 2.24) is 10.2 Å². The quantitative estimate of drug-likeness (QED) is 0.866. The van der Waals surface area contributed by atoms with Crippen molar-refractivity contribution < 1.29 is 4.79 Å². The lowest BCUT2D eigenvalue weighted by Crippen LogP contribution is -2.34. The van der Waals surface area contributed by atoms with Crippen molar-refractivity contribution in [2.45, 2.75) is 52.5 Å². The number of piperidine rings is 1. The van der Waals surface area contributed by atoms with Crippen molar-refractivity contribution in [1.29, 1.82) is 0 Å². The van der Waals surface area contributed by atoms with Crippen molar-refractivity contribution in [2.24, 2.45) is 11.8 Å². The zero-order valence-electron chi connectivity index (χ0n) is 15.1. The molecule has 0 spiro atoms. The van der Waals surface area contributed by atoms with E-state index in [9.17, 15) is 4.79 Å². The number of nitrogens with one attached hydrogen (secondary N) is 1. The van der Waals surface area contributed by atoms with Crippen molar-refractivity contribution in [3.63, 3.8) is 0 Å². The first kappa shape index (κ1) is 18.0. The van der Waals surface area contributed by atoms with E-state index in [2.05, 4.69) is 50.4 Å². The number of hydrogen-bond acceptors (Lipinski definition) is 2. The Hall–Kier alpha value is -1.35. The summed E-state index contributed by atoms with van der Waals surface area (Å²) in [5, 5.41) is 3.40. The Labute approximate surface area is 141 Å². The number of carbonyl (C=O) groups excluding carboxylic acids is 1. The Balaban J connectivity index is 1.84. The molecule has 0 radical (unpaired) electrons. The maximum absolute atomic E-state index is 12.5. The highest BCUT2D eigenvalue weighted by atomic mass is 16.2. The van der Waals surface area contributed by atoms with Crippen LogP contribution >= 0.6 is 0 Å². The Morgan fingerprint density at radius 1 is 1.17 bits per heavy atom. The molecule has 1 atom stereocenters. The third-order valence-electron chi connectivity index (χ3n) is 5.18. The summed E-state index contributed by atoms with van der Waals surface area (Å²) in [6.07, 6.45) is 3.08. The Kier molecular flexibility index (Phi) is 6.64. The zero-order chi connectivity index (χ0) is 16.8. The summed E-state index contributed by atoms with van der Waals surface area (Å²) >= 11 is 0. The van der Waals surface area contributed by atoms with E-state index in [1.54, 1.807) is 0 Å². The molecule has 1 aromatic carbocycles. The Morgan fingerprint density at radius 3 is 2.35 bits per heavy atom. The van der Waals surface area contributed by atoms with E-state index in [0.717, 1.165) is 13.1 Å². The summed E-state index contributed by atoms with van der Waals surface area (Å²) < 4.78 is 0. The lowest BCUT2D eigenvalue weighted by molar-refractivity contribution is -0.131. The number of amides is 1. The molecule has 3 heteroatoms. The van der Waals surface area contributed by atoms with E-state index in [0.29, 0.717) is 30.7 Å². The van der Waals surface area contributed by atoms with Crippen LogP contribution in [0.4, 0.5) is 0 Å². The van der Waals surface area contributed by atoms with E-state index in [1.807, 2.05) is 11.9 Å². The molecule has 1 aromatic rings. The van der Waals surface area contributed by atoms with E-state index < -0.39 is 0 Å². The molecule has 1 amide bonds. The predicted molar refractivity (Wildman–Crippen MR) is 96.4 cm³/mol. The summed E-state index contributed by atoms with van der Waals surface area (Å²) in [4.78, 5) is 14.4. The number of benzene rings is 1. The van der Waals surface area contributed by atoms with Crippen LogP contribution < -0.4 is 5.32 Å². The molecule has 1 fully saturated rings. The van der Waals surface area contributed by atoms with Crippen molar-refractivity contribution in [2.75, 3.05) is 20.1 Å². The highest BCUT2D eigenvalue weighted by Gasteiger charge is 2.23. The second-order valence-electron chi connectivity index (χ2n) is 7.41. The van der Waals surface area contributed by atoms with Gasteiger partial charge < -0.3 is 10.2 Å². The molecule has 23 heavy (non-hydrogen) atoms. The second-order valence-corrected chi connectivity index (χ2v) is 7.41. The monoisotopic (exact) mass is 316 g/mol. The SMILES string of the molecule is CC(C)c1ccc(CN(C)C(=O)CC(C)C2CCNCC2)cc1. The average Bonchev–Trinajstić information content (AvgIpc) is 2.56. The molecule has 128 valence electrons. The summed E-state index contributed by atoms with van der Waals surface area (Å²) in [6, 6.07) is 8.65. The fourth-order valence-electron chi connectivity index (χ4n) is 3.38. The number of rotatable bonds is 6. The lowest BCUT2D eigenvalue weighted by atomic mass is 9.84. The van der Waals surface area contributed by atoms with Crippen LogP contribution in [0.25, 0.3) is 0 Å². The normalized spacial score (nSPS) is 17.3. The van der Waals surface area contributed by atoms with Gasteiger partial charge in [-0.05, 0) is 54.8 Å². The van der Waals surface area contributed by atoms with Crippen LogP contribution in [-0.2, 0) is 11.3 Å². The molecule has 0 saturated carbocycles. The Bertz CT molecular complexity index is 489. The molecule has 1 N–H and O–H groups in total. The lowest BCUT2D eigenvalue weighted by Gasteiger charge is -2.29. The maximum atomic E-state index is 12.5. The fraction of sp³-hybridized carbons (Fsp3) is 0.650. The van der Waals surface area contributed by atoms with Gasteiger partial charge in [-0.15, -0.1) is 0 Å². The number of hydrogen-bond donors (Lipinski definition) is 1. The van der Waals surface area contributed by atoms with Gasteiger partial charge >= 0.3 is 0 Å². The zero-order valence-corrected chi connectivity index (χ0v) is 15.1. The smallest absolute Gasteiger partial charge is 0.222 e. The van der Waals surface area contributed by atoms with Crippen LogP contribution in [0.3, 0.4) is 0 Å². The molecule has 1 aliphatic rings. The molecule has 1 aliphatic heterocycles. The third-order valence-corrected chi connectivity index (χ3v) is 5.18. The van der Waals surface area contributed by atoms with E-state index in [4.69, 9.17) is 0 Å². The molecule has 0 aromatic heterocycles. The van der Waals surface area contributed by atoms with Gasteiger partial charge in [0.1, 0.15) is 0 Å². The molecule has 0 aliphatic carbocycles. The van der Waals surface area contributed by atoms with Gasteiger partial charge in [-0.2, -0.15) is 0 Å². The standard InChI is InChI=1S/C20H32N2O/c1-15(2)18-7-5-17(6-8-18)14-22(4)20(23)13-16(3)19-9-11-21-12-10-19/h5-8,15-16,19,21H,9-14H2,1-4H3. The van der Waals surface area contributed by atoms with Gasteiger partial charge in [0.15, 0.2) is 0 Å². The van der Waals surface area contributed by atoms with Gasteiger partial charge in [0.2, 0.25) is 5.91 Å². The Morgan fingerprint density at radius 2 is 1.78 bits per heavy atom. The fourth-order valence-corrected chi connectivity index (χ4v) is 3.38. The van der Waals surface area contributed by atoms with Gasteiger partial charge in [-0.3, -0.25) is 4.79 Å². The first-order valence-electron chi connectivity index (χ1n) is 9.01. The van der Waals surface area contributed by atoms with Crippen LogP contribution in [0.5, 0.6) is 0 Å². The summed E-state index contributed by atoms with van der Waals surface area (Å²) in [7, 11) is 1.92. The van der Waals surface area contributed by atoms with Gasteiger partial charge in [0, 0.05) is 20.0 Å². The van der Waals surface area contributed by atoms with Crippen LogP contribution in [0.15, 0.2) is 24.3 Å². The summed E-state index contributed by atoms with van der Waals surface area (Å²) in [5.41, 5.74) is 2.56. The topological polar surface area (TPSA) is 32.3 Å². The van der Waals surface area contributed by atoms with Crippen molar-refractivity contribution >= 4 is 5.91 Å². The first-order valence-corrected chi connectivity index (χ1v) is 9.01. The van der Waals surface area contributed by atoms with Crippen LogP contribution in [0.1, 0.15) is 57.1 Å². The largest absolute Gasteiger partial charge is 0.341 e. The third kappa shape index (κ3) is 5.35. The minimum absolute atomic E-state index is 0.268. The predicted octanol–water partition coefficient (Wildman–Crippen LogP) is 3.79. The highest BCUT2D eigenvalue weighted by molar-refractivity contribution is 5.76. The number of nitrogens with zero attached hydrogens (tertiary/aromatic N) is 1. The molecular formula is C20H32N2O. The van der Waals surface area contributed by atoms with Crippen LogP contribution in [0, 0.1) is 11.8 Å². The molecular weight excluding hydrogens is 284 g/mol. The minimum Gasteiger partial charge on any atom is -0.341 e. The number of carbonyl (C=O) groups is 1. The highest BCUT2D eigenvalue weighted by Crippen LogP contribution is 2.25. The summed E-state index contributed by atoms with van der Waals surface area (Å²) in [5.74, 6) is 1.99. The van der Waals surface area contributed by atoms with E-state index in [1.165, 1.54) is 24.0 Å². The summed E-state index contributed by atoms with van der Waals surface area (Å²) in [6.45, 7) is 9.54. The van der Waals surface area contributed by atoms with E-state index >= 15 is 0 Å². The van der Waals surface area contributed by atoms with Gasteiger partial charge in [0.25, 0.3) is 0 Å². The molecule has 2 rings (SSSR count). The minimum atomic E-state index is 0.268. The van der Waals surface area contributed by atoms with Gasteiger partial charge in [-0.25, -0.2) is 0 Å². The van der Waals surface area contributed by atoms with Crippen molar-refractivity contribution in [3.05, 3.63) is 35.4 Å². The molecule has 0 bridgehead atoms. The molecule has 1 unspecified atom stereocenters. The van der Waals surface area contributed by atoms with E-state index in [-0.39, 0.29) is 5.91 Å². The first-order chi connectivity index (χ1) is 11.0. The average molecular weight is 316 g/mol. The van der Waals surface area contributed by atoms with Gasteiger partial charge in [-0.1, -0.05) is 45.0 Å². The molecule has 1 saturated heterocycles. The van der Waals surface area contributed by atoms with Gasteiger partial charge in [0.05, 0.1) is 0 Å². The second kappa shape index (κ2) is 8.49. The van der Waals surface area contributed by atoms with Crippen LogP contribution in [-0.4, -0.2) is 30.9 Å². The van der Waals surface area contributed by atoms with Crippen LogP contribution in [0.2, 0.25) is 0 Å². The molecule has 1 heterocycles. The maximum Gasteiger partial charge on any atom is 0.222 e.